The first-order valence-electron chi connectivity index (χ1n) is 4.31. The molecule has 0 aliphatic heterocycles. The van der Waals surface area contributed by atoms with Crippen LogP contribution in [0.5, 0.6) is 0 Å². The summed E-state index contributed by atoms with van der Waals surface area (Å²) in [5, 5.41) is 2.98. The molecule has 1 aromatic rings. The van der Waals surface area contributed by atoms with Gasteiger partial charge in [-0.25, -0.2) is 0 Å². The van der Waals surface area contributed by atoms with E-state index in [1.54, 1.807) is 7.05 Å². The summed E-state index contributed by atoms with van der Waals surface area (Å²) < 4.78 is 0. The summed E-state index contributed by atoms with van der Waals surface area (Å²) >= 11 is 5.66. The van der Waals surface area contributed by atoms with Gasteiger partial charge in [-0.3, -0.25) is 4.79 Å². The molecule has 74 valence electrons. The molecule has 0 heterocycles. The zero-order valence-corrected chi connectivity index (χ0v) is 8.71. The van der Waals surface area contributed by atoms with Crippen LogP contribution in [0.2, 0.25) is 0 Å². The number of alkyl halides is 1. The minimum absolute atomic E-state index is 0.217. The highest BCUT2D eigenvalue weighted by Crippen LogP contribution is 2.14. The van der Waals surface area contributed by atoms with Gasteiger partial charge in [0.15, 0.2) is 0 Å². The molecule has 0 bridgehead atoms. The maximum Gasteiger partial charge on any atom is 0.149 e. The third-order valence-corrected chi connectivity index (χ3v) is 2.21. The maximum absolute atomic E-state index is 10.7. The van der Waals surface area contributed by atoms with Crippen molar-refractivity contribution in [3.8, 4) is 0 Å². The first-order chi connectivity index (χ1) is 6.83. The SMILES string of the molecule is CN/C(=C(/C=O)CCl)c1ccccc1. The molecule has 0 atom stereocenters. The largest absolute Gasteiger partial charge is 0.387 e. The molecule has 0 saturated carbocycles. The molecule has 1 N–H and O–H groups in total. The van der Waals surface area contributed by atoms with E-state index in [4.69, 9.17) is 11.6 Å². The summed E-state index contributed by atoms with van der Waals surface area (Å²) in [4.78, 5) is 10.7. The van der Waals surface area contributed by atoms with E-state index in [0.717, 1.165) is 17.5 Å². The molecule has 0 aliphatic rings. The van der Waals surface area contributed by atoms with Crippen molar-refractivity contribution in [1.82, 2.24) is 5.32 Å². The van der Waals surface area contributed by atoms with Crippen molar-refractivity contribution in [2.24, 2.45) is 0 Å². The average molecular weight is 210 g/mol. The highest BCUT2D eigenvalue weighted by atomic mass is 35.5. The Morgan fingerprint density at radius 1 is 1.43 bits per heavy atom. The van der Waals surface area contributed by atoms with Crippen molar-refractivity contribution < 1.29 is 4.79 Å². The van der Waals surface area contributed by atoms with Crippen LogP contribution >= 0.6 is 11.6 Å². The van der Waals surface area contributed by atoms with Gasteiger partial charge in [-0.2, -0.15) is 0 Å². The Balaban J connectivity index is 3.15. The van der Waals surface area contributed by atoms with E-state index in [1.165, 1.54) is 0 Å². The smallest absolute Gasteiger partial charge is 0.149 e. The standard InChI is InChI=1S/C11H12ClNO/c1-13-11(10(7-12)8-14)9-5-3-2-4-6-9/h2-6,8,13H,7H2,1H3/b11-10+. The first kappa shape index (κ1) is 10.8. The Labute approximate surface area is 88.6 Å². The second kappa shape index (κ2) is 5.45. The first-order valence-corrected chi connectivity index (χ1v) is 4.84. The van der Waals surface area contributed by atoms with Gasteiger partial charge >= 0.3 is 0 Å². The Bertz CT molecular complexity index is 332. The Kier molecular flexibility index (Phi) is 4.20. The number of hydrogen-bond acceptors (Lipinski definition) is 2. The number of aldehydes is 1. The van der Waals surface area contributed by atoms with E-state index < -0.39 is 0 Å². The lowest BCUT2D eigenvalue weighted by Crippen LogP contribution is -2.09. The second-order valence-corrected chi connectivity index (χ2v) is 3.04. The van der Waals surface area contributed by atoms with Gasteiger partial charge in [0.25, 0.3) is 0 Å². The third kappa shape index (κ3) is 2.36. The van der Waals surface area contributed by atoms with Gasteiger partial charge in [0.1, 0.15) is 6.29 Å². The predicted octanol–water partition coefficient (Wildman–Crippen LogP) is 2.05. The fourth-order valence-electron chi connectivity index (χ4n) is 1.25. The maximum atomic E-state index is 10.7. The molecular weight excluding hydrogens is 198 g/mol. The van der Waals surface area contributed by atoms with Gasteiger partial charge in [0.05, 0.1) is 5.88 Å². The number of carbonyl (C=O) groups excluding carboxylic acids is 1. The van der Waals surface area contributed by atoms with Crippen molar-refractivity contribution in [3.05, 3.63) is 41.5 Å². The van der Waals surface area contributed by atoms with Crippen LogP contribution in [0.4, 0.5) is 0 Å². The van der Waals surface area contributed by atoms with Gasteiger partial charge in [-0.1, -0.05) is 30.3 Å². The van der Waals surface area contributed by atoms with E-state index in [2.05, 4.69) is 5.32 Å². The third-order valence-electron chi connectivity index (χ3n) is 1.92. The van der Waals surface area contributed by atoms with Crippen LogP contribution < -0.4 is 5.32 Å². The van der Waals surface area contributed by atoms with Gasteiger partial charge in [-0.05, 0) is 5.56 Å². The minimum Gasteiger partial charge on any atom is -0.387 e. The molecule has 14 heavy (non-hydrogen) atoms. The van der Waals surface area contributed by atoms with Crippen molar-refractivity contribution in [1.29, 1.82) is 0 Å². The molecule has 0 spiro atoms. The van der Waals surface area contributed by atoms with Crippen molar-refractivity contribution in [2.45, 2.75) is 0 Å². The van der Waals surface area contributed by atoms with Crippen LogP contribution in [0.1, 0.15) is 5.56 Å². The number of halogens is 1. The molecule has 1 rings (SSSR count). The predicted molar refractivity (Wildman–Crippen MR) is 59.2 cm³/mol. The highest BCUT2D eigenvalue weighted by Gasteiger charge is 2.05. The van der Waals surface area contributed by atoms with Crippen molar-refractivity contribution >= 4 is 23.6 Å². The highest BCUT2D eigenvalue weighted by molar-refractivity contribution is 6.22. The lowest BCUT2D eigenvalue weighted by atomic mass is 10.1. The molecular formula is C11H12ClNO. The number of nitrogens with one attached hydrogen (secondary N) is 1. The van der Waals surface area contributed by atoms with Crippen LogP contribution in [0.15, 0.2) is 35.9 Å². The number of rotatable bonds is 4. The monoisotopic (exact) mass is 209 g/mol. The van der Waals surface area contributed by atoms with E-state index in [0.29, 0.717) is 5.57 Å². The Morgan fingerprint density at radius 3 is 2.50 bits per heavy atom. The Morgan fingerprint density at radius 2 is 2.07 bits per heavy atom. The molecule has 0 aromatic heterocycles. The fraction of sp³-hybridized carbons (Fsp3) is 0.182. The second-order valence-electron chi connectivity index (χ2n) is 2.77. The normalized spacial score (nSPS) is 11.9. The number of allylic oxidation sites excluding steroid dienone is 1. The summed E-state index contributed by atoms with van der Waals surface area (Å²) in [6.07, 6.45) is 0.784. The molecule has 0 radical (unpaired) electrons. The average Bonchev–Trinajstić information content (AvgIpc) is 2.27. The Hall–Kier alpha value is -1.28. The van der Waals surface area contributed by atoms with Crippen LogP contribution in [-0.2, 0) is 4.79 Å². The van der Waals surface area contributed by atoms with Crippen LogP contribution in [0.3, 0.4) is 0 Å². The summed E-state index contributed by atoms with van der Waals surface area (Å²) in [5.41, 5.74) is 2.33. The van der Waals surface area contributed by atoms with Crippen LogP contribution in [0.25, 0.3) is 5.70 Å². The van der Waals surface area contributed by atoms with Crippen molar-refractivity contribution in [3.63, 3.8) is 0 Å². The fourth-order valence-corrected chi connectivity index (χ4v) is 1.45. The number of hydrogen-bond donors (Lipinski definition) is 1. The summed E-state index contributed by atoms with van der Waals surface area (Å²) in [6.45, 7) is 0. The molecule has 0 fully saturated rings. The molecule has 0 unspecified atom stereocenters. The van der Waals surface area contributed by atoms with E-state index in [-0.39, 0.29) is 5.88 Å². The molecule has 1 aromatic carbocycles. The molecule has 0 aliphatic carbocycles. The minimum atomic E-state index is 0.217. The van der Waals surface area contributed by atoms with Gasteiger partial charge in [-0.15, -0.1) is 11.6 Å². The zero-order chi connectivity index (χ0) is 10.4. The van der Waals surface area contributed by atoms with Gasteiger partial charge in [0.2, 0.25) is 0 Å². The van der Waals surface area contributed by atoms with Crippen LogP contribution in [-0.4, -0.2) is 19.2 Å². The topological polar surface area (TPSA) is 29.1 Å². The van der Waals surface area contributed by atoms with Crippen LogP contribution in [0, 0.1) is 0 Å². The lowest BCUT2D eigenvalue weighted by Gasteiger charge is -2.09. The van der Waals surface area contributed by atoms with Gasteiger partial charge in [0, 0.05) is 18.3 Å². The molecule has 0 saturated heterocycles. The van der Waals surface area contributed by atoms with E-state index in [1.807, 2.05) is 30.3 Å². The summed E-state index contributed by atoms with van der Waals surface area (Å²) in [5.74, 6) is 0.217. The summed E-state index contributed by atoms with van der Waals surface area (Å²) in [6, 6.07) is 9.63. The zero-order valence-electron chi connectivity index (χ0n) is 7.96. The number of benzene rings is 1. The molecule has 3 heteroatoms. The molecule has 2 nitrogen and oxygen atoms in total. The summed E-state index contributed by atoms with van der Waals surface area (Å²) in [7, 11) is 1.78. The van der Waals surface area contributed by atoms with E-state index in [9.17, 15) is 4.79 Å². The number of carbonyl (C=O) groups is 1. The molecule has 0 amide bonds. The van der Waals surface area contributed by atoms with E-state index >= 15 is 0 Å². The van der Waals surface area contributed by atoms with Gasteiger partial charge < -0.3 is 5.32 Å². The quantitative estimate of drug-likeness (QED) is 0.467. The van der Waals surface area contributed by atoms with Crippen molar-refractivity contribution in [2.75, 3.05) is 12.9 Å². The lowest BCUT2D eigenvalue weighted by molar-refractivity contribution is -0.104.